The highest BCUT2D eigenvalue weighted by Gasteiger charge is 2.06. The highest BCUT2D eigenvalue weighted by Crippen LogP contribution is 2.12. The number of carboxylic acid groups (broad SMARTS) is 1. The maximum absolute atomic E-state index is 10.4. The Balaban J connectivity index is 3.20. The molecule has 1 aromatic rings. The summed E-state index contributed by atoms with van der Waals surface area (Å²) in [5.41, 5.74) is 0.529. The molecule has 0 amide bonds. The van der Waals surface area contributed by atoms with E-state index in [-0.39, 0.29) is 10.6 Å². The van der Waals surface area contributed by atoms with Crippen molar-refractivity contribution in [1.29, 1.82) is 0 Å². The Morgan fingerprint density at radius 2 is 2.18 bits per heavy atom. The average Bonchev–Trinajstić information content (AvgIpc) is 1.85. The molecule has 0 fully saturated rings. The number of benzene rings is 1. The van der Waals surface area contributed by atoms with Gasteiger partial charge < -0.3 is 5.11 Å². The van der Waals surface area contributed by atoms with Crippen LogP contribution < -0.4 is 5.46 Å². The second-order valence-electron chi connectivity index (χ2n) is 2.04. The van der Waals surface area contributed by atoms with Crippen molar-refractivity contribution in [3.63, 3.8) is 0 Å². The number of rotatable bonds is 1. The van der Waals surface area contributed by atoms with E-state index in [1.54, 1.807) is 0 Å². The quantitative estimate of drug-likeness (QED) is 0.628. The van der Waals surface area contributed by atoms with E-state index in [0.717, 1.165) is 0 Å². The van der Waals surface area contributed by atoms with Crippen molar-refractivity contribution >= 4 is 30.9 Å². The second-order valence-corrected chi connectivity index (χ2v) is 2.45. The van der Waals surface area contributed by atoms with Gasteiger partial charge in [-0.2, -0.15) is 0 Å². The molecule has 0 saturated heterocycles. The normalized spacial score (nSPS) is 9.55. The molecule has 0 spiro atoms. The van der Waals surface area contributed by atoms with Crippen molar-refractivity contribution < 1.29 is 9.90 Å². The molecule has 0 aromatic heterocycles. The van der Waals surface area contributed by atoms with Crippen molar-refractivity contribution in [3.8, 4) is 0 Å². The molecule has 54 valence electrons. The molecule has 1 rings (SSSR count). The minimum atomic E-state index is -1.05. The molecule has 0 heterocycles. The van der Waals surface area contributed by atoms with Gasteiger partial charge in [-0.15, -0.1) is 0 Å². The summed E-state index contributed by atoms with van der Waals surface area (Å²) in [5, 5.41) is 8.70. The van der Waals surface area contributed by atoms with Crippen molar-refractivity contribution in [3.05, 3.63) is 28.8 Å². The molecule has 1 N–H and O–H groups in total. The van der Waals surface area contributed by atoms with Gasteiger partial charge in [-0.3, -0.25) is 0 Å². The summed E-state index contributed by atoms with van der Waals surface area (Å²) in [5.74, 6) is -1.05. The van der Waals surface area contributed by atoms with E-state index < -0.39 is 5.97 Å². The highest BCUT2D eigenvalue weighted by molar-refractivity contribution is 6.37. The van der Waals surface area contributed by atoms with Gasteiger partial charge in [-0.05, 0) is 12.1 Å². The average molecular weight is 166 g/mol. The van der Waals surface area contributed by atoms with Gasteiger partial charge in [0.15, 0.2) is 0 Å². The molecule has 1 aromatic carbocycles. The number of aromatic carboxylic acids is 1. The van der Waals surface area contributed by atoms with Gasteiger partial charge >= 0.3 is 5.97 Å². The lowest BCUT2D eigenvalue weighted by Gasteiger charge is -1.98. The summed E-state index contributed by atoms with van der Waals surface area (Å²) in [6.45, 7) is 0. The van der Waals surface area contributed by atoms with Gasteiger partial charge in [0.05, 0.1) is 10.6 Å². The first kappa shape index (κ1) is 8.14. The number of carbonyl (C=O) groups is 1. The molecule has 0 atom stereocenters. The van der Waals surface area contributed by atoms with E-state index in [9.17, 15) is 4.79 Å². The van der Waals surface area contributed by atoms with Crippen LogP contribution in [0.1, 0.15) is 10.4 Å². The summed E-state index contributed by atoms with van der Waals surface area (Å²) < 4.78 is 0. The maximum Gasteiger partial charge on any atom is 0.337 e. The smallest absolute Gasteiger partial charge is 0.337 e. The molecule has 0 unspecified atom stereocenters. The van der Waals surface area contributed by atoms with Crippen LogP contribution in [0.15, 0.2) is 18.2 Å². The summed E-state index contributed by atoms with van der Waals surface area (Å²) in [7, 11) is 5.35. The fourth-order valence-corrected chi connectivity index (χ4v) is 0.975. The number of halogens is 1. The van der Waals surface area contributed by atoms with E-state index in [1.165, 1.54) is 18.2 Å². The van der Waals surface area contributed by atoms with E-state index in [4.69, 9.17) is 24.6 Å². The Hall–Kier alpha value is -0.955. The summed E-state index contributed by atoms with van der Waals surface area (Å²) in [4.78, 5) is 10.4. The Labute approximate surface area is 70.2 Å². The van der Waals surface area contributed by atoms with Crippen LogP contribution in [0.4, 0.5) is 0 Å². The first-order chi connectivity index (χ1) is 5.11. The second kappa shape index (κ2) is 2.97. The third kappa shape index (κ3) is 1.74. The first-order valence-electron chi connectivity index (χ1n) is 2.89. The van der Waals surface area contributed by atoms with E-state index in [0.29, 0.717) is 5.46 Å². The fraction of sp³-hybridized carbons (Fsp3) is 0. The zero-order valence-electron chi connectivity index (χ0n) is 5.54. The maximum atomic E-state index is 10.4. The van der Waals surface area contributed by atoms with Crippen LogP contribution in [0.2, 0.25) is 5.02 Å². The van der Waals surface area contributed by atoms with Gasteiger partial charge in [0.1, 0.15) is 7.85 Å². The lowest BCUT2D eigenvalue weighted by Crippen LogP contribution is -2.05. The van der Waals surface area contributed by atoms with Crippen molar-refractivity contribution in [1.82, 2.24) is 0 Å². The predicted molar refractivity (Wildman–Crippen MR) is 43.8 cm³/mol. The minimum Gasteiger partial charge on any atom is -0.478 e. The third-order valence-corrected chi connectivity index (χ3v) is 1.54. The van der Waals surface area contributed by atoms with Crippen LogP contribution >= 0.6 is 11.6 Å². The van der Waals surface area contributed by atoms with Crippen LogP contribution in [-0.4, -0.2) is 18.9 Å². The zero-order chi connectivity index (χ0) is 8.43. The fourth-order valence-electron chi connectivity index (χ4n) is 0.705. The van der Waals surface area contributed by atoms with Gasteiger partial charge in [0.2, 0.25) is 0 Å². The highest BCUT2D eigenvalue weighted by atomic mass is 35.5. The van der Waals surface area contributed by atoms with Crippen molar-refractivity contribution in [2.45, 2.75) is 0 Å². The molecule has 0 aliphatic rings. The Kier molecular flexibility index (Phi) is 2.20. The zero-order valence-corrected chi connectivity index (χ0v) is 6.30. The van der Waals surface area contributed by atoms with Crippen molar-refractivity contribution in [2.75, 3.05) is 0 Å². The van der Waals surface area contributed by atoms with E-state index in [2.05, 4.69) is 0 Å². The van der Waals surface area contributed by atoms with Crippen LogP contribution in [0.25, 0.3) is 0 Å². The Morgan fingerprint density at radius 3 is 2.64 bits per heavy atom. The van der Waals surface area contributed by atoms with Crippen LogP contribution in [0, 0.1) is 0 Å². The summed E-state index contributed by atoms with van der Waals surface area (Å²) >= 11 is 5.56. The molecule has 0 aliphatic carbocycles. The molecular formula is C7H4BClO2. The van der Waals surface area contributed by atoms with Crippen molar-refractivity contribution in [2.24, 2.45) is 0 Å². The molecule has 0 bridgehead atoms. The molecule has 2 radical (unpaired) electrons. The SMILES string of the molecule is [B]c1ccc(C(=O)O)c(Cl)c1. The van der Waals surface area contributed by atoms with Crippen LogP contribution in [-0.2, 0) is 0 Å². The monoisotopic (exact) mass is 166 g/mol. The standard InChI is InChI=1S/C7H4BClO2/c8-4-1-2-5(7(10)11)6(9)3-4/h1-3H,(H,10,11). The number of hydrogen-bond acceptors (Lipinski definition) is 1. The number of carboxylic acids is 1. The summed E-state index contributed by atoms with van der Waals surface area (Å²) in [6, 6.07) is 4.28. The Morgan fingerprint density at radius 1 is 1.55 bits per heavy atom. The van der Waals surface area contributed by atoms with Crippen LogP contribution in [0.5, 0.6) is 0 Å². The minimum absolute atomic E-state index is 0.0702. The molecule has 0 saturated carbocycles. The van der Waals surface area contributed by atoms with Crippen LogP contribution in [0.3, 0.4) is 0 Å². The first-order valence-corrected chi connectivity index (χ1v) is 3.27. The molecule has 0 aliphatic heterocycles. The lowest BCUT2D eigenvalue weighted by atomic mass is 9.95. The third-order valence-electron chi connectivity index (χ3n) is 1.22. The molecular weight excluding hydrogens is 162 g/mol. The summed E-state index contributed by atoms with van der Waals surface area (Å²) in [6.07, 6.45) is 0. The van der Waals surface area contributed by atoms with Gasteiger partial charge in [-0.1, -0.05) is 23.1 Å². The molecule has 2 nitrogen and oxygen atoms in total. The van der Waals surface area contributed by atoms with Gasteiger partial charge in [0, 0.05) is 0 Å². The topological polar surface area (TPSA) is 37.3 Å². The predicted octanol–water partition coefficient (Wildman–Crippen LogP) is 0.832. The van der Waals surface area contributed by atoms with E-state index in [1.807, 2.05) is 0 Å². The molecule has 4 heteroatoms. The molecule has 11 heavy (non-hydrogen) atoms. The Bertz CT molecular complexity index is 298. The van der Waals surface area contributed by atoms with Gasteiger partial charge in [-0.25, -0.2) is 4.79 Å². The van der Waals surface area contributed by atoms with E-state index >= 15 is 0 Å². The van der Waals surface area contributed by atoms with Gasteiger partial charge in [0.25, 0.3) is 0 Å². The lowest BCUT2D eigenvalue weighted by molar-refractivity contribution is 0.0697. The number of hydrogen-bond donors (Lipinski definition) is 1. The largest absolute Gasteiger partial charge is 0.478 e.